The van der Waals surface area contributed by atoms with Crippen LogP contribution in [0.3, 0.4) is 0 Å². The van der Waals surface area contributed by atoms with E-state index in [1.54, 1.807) is 0 Å². The fraction of sp³-hybridized carbons (Fsp3) is 0.900. The van der Waals surface area contributed by atoms with Crippen LogP contribution in [-0.4, -0.2) is 0 Å². The highest BCUT2D eigenvalue weighted by Gasteiger charge is 2.10. The Labute approximate surface area is 130 Å². The van der Waals surface area contributed by atoms with E-state index in [4.69, 9.17) is 0 Å². The van der Waals surface area contributed by atoms with Gasteiger partial charge in [-0.1, -0.05) is 99.3 Å². The van der Waals surface area contributed by atoms with Crippen molar-refractivity contribution in [2.75, 3.05) is 0 Å². The van der Waals surface area contributed by atoms with Crippen molar-refractivity contribution < 1.29 is 0 Å². The van der Waals surface area contributed by atoms with E-state index in [0.717, 1.165) is 5.92 Å². The van der Waals surface area contributed by atoms with Crippen LogP contribution in [0.25, 0.3) is 0 Å². The molecule has 0 N–H and O–H groups in total. The highest BCUT2D eigenvalue weighted by atomic mass is 14.2. The second-order valence-electron chi connectivity index (χ2n) is 6.38. The van der Waals surface area contributed by atoms with E-state index < -0.39 is 0 Å². The average molecular weight is 281 g/mol. The molecule has 0 heteroatoms. The van der Waals surface area contributed by atoms with Crippen LogP contribution < -0.4 is 0 Å². The van der Waals surface area contributed by atoms with Crippen LogP contribution in [0.2, 0.25) is 0 Å². The van der Waals surface area contributed by atoms with Crippen molar-refractivity contribution in [2.24, 2.45) is 17.8 Å². The van der Waals surface area contributed by atoms with Gasteiger partial charge in [-0.2, -0.15) is 0 Å². The minimum absolute atomic E-state index is 0.516. The van der Waals surface area contributed by atoms with Crippen molar-refractivity contribution in [2.45, 2.75) is 99.8 Å². The molecule has 0 aliphatic carbocycles. The first-order chi connectivity index (χ1) is 9.51. The fourth-order valence-corrected chi connectivity index (χ4v) is 2.15. The smallest absolute Gasteiger partial charge is 0.0177 e. The normalized spacial score (nSPS) is 13.0. The monoisotopic (exact) mass is 280 g/mol. The predicted octanol–water partition coefficient (Wildman–Crippen LogP) is 7.08. The van der Waals surface area contributed by atoms with Gasteiger partial charge < -0.3 is 0 Å². The first kappa shape index (κ1) is 21.9. The van der Waals surface area contributed by atoms with E-state index in [1.807, 2.05) is 0 Å². The molecule has 0 radical (unpaired) electrons. The molecule has 2 unspecified atom stereocenters. The van der Waals surface area contributed by atoms with Gasteiger partial charge in [-0.05, 0) is 12.3 Å². The van der Waals surface area contributed by atoms with Crippen LogP contribution in [0.15, 0.2) is 0 Å². The molecular formula is C20H40. The largest absolute Gasteiger partial charge is 0.100 e. The Kier molecular flexibility index (Phi) is 18.2. The molecule has 0 aromatic rings. The molecule has 0 amide bonds. The van der Waals surface area contributed by atoms with Crippen molar-refractivity contribution in [1.29, 1.82) is 0 Å². The summed E-state index contributed by atoms with van der Waals surface area (Å²) in [6, 6.07) is 0. The van der Waals surface area contributed by atoms with E-state index in [-0.39, 0.29) is 0 Å². The van der Waals surface area contributed by atoms with Crippen molar-refractivity contribution >= 4 is 0 Å². The maximum atomic E-state index is 3.40. The Morgan fingerprint density at radius 3 is 1.70 bits per heavy atom. The number of rotatable bonds is 8. The molecule has 0 aromatic carbocycles. The zero-order chi connectivity index (χ0) is 15.8. The molecule has 0 fully saturated rings. The zero-order valence-corrected chi connectivity index (χ0v) is 15.4. The van der Waals surface area contributed by atoms with E-state index in [2.05, 4.69) is 60.3 Å². The van der Waals surface area contributed by atoms with Gasteiger partial charge in [0.1, 0.15) is 0 Å². The lowest BCUT2D eigenvalue weighted by atomic mass is 9.88. The minimum atomic E-state index is 0.516. The Morgan fingerprint density at radius 1 is 0.700 bits per heavy atom. The molecule has 0 bridgehead atoms. The third-order valence-corrected chi connectivity index (χ3v) is 3.47. The molecule has 0 saturated heterocycles. The van der Waals surface area contributed by atoms with Gasteiger partial charge in [-0.3, -0.25) is 0 Å². The summed E-state index contributed by atoms with van der Waals surface area (Å²) < 4.78 is 0. The van der Waals surface area contributed by atoms with Crippen LogP contribution >= 0.6 is 0 Å². The van der Waals surface area contributed by atoms with Gasteiger partial charge >= 0.3 is 0 Å². The fourth-order valence-electron chi connectivity index (χ4n) is 2.15. The minimum Gasteiger partial charge on any atom is -0.100 e. The zero-order valence-electron chi connectivity index (χ0n) is 15.4. The lowest BCUT2D eigenvalue weighted by molar-refractivity contribution is 0.372. The SMILES string of the molecule is CCCC.CCCCC(CCC)CC(C)C#CC(C)C. The molecule has 0 nitrogen and oxygen atoms in total. The highest BCUT2D eigenvalue weighted by Crippen LogP contribution is 2.22. The van der Waals surface area contributed by atoms with Crippen LogP contribution in [0, 0.1) is 29.6 Å². The van der Waals surface area contributed by atoms with E-state index in [9.17, 15) is 0 Å². The molecule has 0 aliphatic rings. The second kappa shape index (κ2) is 16.6. The van der Waals surface area contributed by atoms with Gasteiger partial charge in [0.05, 0.1) is 0 Å². The second-order valence-corrected chi connectivity index (χ2v) is 6.38. The quantitative estimate of drug-likeness (QED) is 0.416. The van der Waals surface area contributed by atoms with Gasteiger partial charge in [-0.25, -0.2) is 0 Å². The summed E-state index contributed by atoms with van der Waals surface area (Å²) in [6.07, 6.45) is 10.7. The van der Waals surface area contributed by atoms with Crippen molar-refractivity contribution in [3.63, 3.8) is 0 Å². The van der Waals surface area contributed by atoms with Gasteiger partial charge in [0.2, 0.25) is 0 Å². The van der Waals surface area contributed by atoms with Crippen LogP contribution in [0.4, 0.5) is 0 Å². The van der Waals surface area contributed by atoms with E-state index in [1.165, 1.54) is 51.4 Å². The van der Waals surface area contributed by atoms with Crippen molar-refractivity contribution in [1.82, 2.24) is 0 Å². The predicted molar refractivity (Wildman–Crippen MR) is 94.9 cm³/mol. The summed E-state index contributed by atoms with van der Waals surface area (Å²) in [6.45, 7) is 15.6. The standard InChI is InChI=1S/C16H30.C4H10/c1-6-8-10-16(9-7-2)13-15(5)12-11-14(3)4;1-3-4-2/h14-16H,6-10,13H2,1-5H3;3-4H2,1-2H3. The van der Waals surface area contributed by atoms with Gasteiger partial charge in [0.25, 0.3) is 0 Å². The van der Waals surface area contributed by atoms with Crippen LogP contribution in [0.1, 0.15) is 99.8 Å². The number of unbranched alkanes of at least 4 members (excludes halogenated alkanes) is 2. The van der Waals surface area contributed by atoms with Crippen molar-refractivity contribution in [3.05, 3.63) is 0 Å². The summed E-state index contributed by atoms with van der Waals surface area (Å²) in [7, 11) is 0. The van der Waals surface area contributed by atoms with Gasteiger partial charge in [0.15, 0.2) is 0 Å². The lowest BCUT2D eigenvalue weighted by Crippen LogP contribution is -2.05. The topological polar surface area (TPSA) is 0 Å². The summed E-state index contributed by atoms with van der Waals surface area (Å²) in [5.74, 6) is 8.70. The van der Waals surface area contributed by atoms with Gasteiger partial charge in [-0.15, -0.1) is 5.92 Å². The molecule has 0 aliphatic heterocycles. The Morgan fingerprint density at radius 2 is 1.30 bits per heavy atom. The van der Waals surface area contributed by atoms with Crippen LogP contribution in [0.5, 0.6) is 0 Å². The Bertz CT molecular complexity index is 226. The van der Waals surface area contributed by atoms with E-state index >= 15 is 0 Å². The third kappa shape index (κ3) is 17.6. The summed E-state index contributed by atoms with van der Waals surface area (Å²) in [4.78, 5) is 0. The molecule has 0 rings (SSSR count). The number of hydrogen-bond acceptors (Lipinski definition) is 0. The van der Waals surface area contributed by atoms with Gasteiger partial charge in [0, 0.05) is 11.8 Å². The number of hydrogen-bond donors (Lipinski definition) is 0. The highest BCUT2D eigenvalue weighted by molar-refractivity contribution is 5.04. The first-order valence-corrected chi connectivity index (χ1v) is 9.02. The molecule has 120 valence electrons. The molecular weight excluding hydrogens is 240 g/mol. The van der Waals surface area contributed by atoms with Crippen molar-refractivity contribution in [3.8, 4) is 11.8 Å². The molecule has 0 heterocycles. The molecule has 0 saturated carbocycles. The summed E-state index contributed by atoms with van der Waals surface area (Å²) in [5.41, 5.74) is 0. The first-order valence-electron chi connectivity index (χ1n) is 9.02. The molecule has 0 spiro atoms. The molecule has 2 atom stereocenters. The summed E-state index contributed by atoms with van der Waals surface area (Å²) >= 11 is 0. The third-order valence-electron chi connectivity index (χ3n) is 3.47. The lowest BCUT2D eigenvalue weighted by Gasteiger charge is -2.17. The Hall–Kier alpha value is -0.440. The maximum Gasteiger partial charge on any atom is 0.0177 e. The molecule has 20 heavy (non-hydrogen) atoms. The van der Waals surface area contributed by atoms with Crippen LogP contribution in [-0.2, 0) is 0 Å². The average Bonchev–Trinajstić information content (AvgIpc) is 2.43. The summed E-state index contributed by atoms with van der Waals surface area (Å²) in [5, 5.41) is 0. The molecule has 0 aromatic heterocycles. The van der Waals surface area contributed by atoms with E-state index in [0.29, 0.717) is 11.8 Å². The Balaban J connectivity index is 0. The maximum absolute atomic E-state index is 3.40.